The largest absolute Gasteiger partial charge is 0.480 e. The van der Waals surface area contributed by atoms with Crippen LogP contribution < -0.4 is 0 Å². The van der Waals surface area contributed by atoms with Crippen molar-refractivity contribution in [3.05, 3.63) is 73.1 Å². The molecule has 2 N–H and O–H groups in total. The van der Waals surface area contributed by atoms with Crippen LogP contribution in [0.3, 0.4) is 0 Å². The van der Waals surface area contributed by atoms with Crippen molar-refractivity contribution in [1.82, 2.24) is 9.13 Å². The van der Waals surface area contributed by atoms with E-state index < -0.39 is 5.97 Å². The molecule has 4 aromatic rings. The fourth-order valence-electron chi connectivity index (χ4n) is 2.79. The molecule has 0 unspecified atom stereocenters. The average molecular weight is 526 g/mol. The van der Waals surface area contributed by atoms with Gasteiger partial charge in [0.05, 0.1) is 6.42 Å². The van der Waals surface area contributed by atoms with Crippen LogP contribution in [0.4, 0.5) is 0 Å². The molecular weight excluding hydrogens is 504 g/mol. The fourth-order valence-corrected chi connectivity index (χ4v) is 2.79. The molecule has 0 atom stereocenters. The van der Waals surface area contributed by atoms with Crippen LogP contribution in [0, 0.1) is 6.07 Å². The van der Waals surface area contributed by atoms with Crippen LogP contribution in [0.2, 0.25) is 0 Å². The van der Waals surface area contributed by atoms with Gasteiger partial charge in [-0.2, -0.15) is 16.7 Å². The molecule has 3 aromatic carbocycles. The molecule has 1 aromatic heterocycles. The molecule has 1 radical (unpaired) electrons. The number of imidazole rings is 1. The average Bonchev–Trinajstić information content (AvgIpc) is 2.99. The van der Waals surface area contributed by atoms with Crippen LogP contribution in [0.25, 0.3) is 27.5 Å². The van der Waals surface area contributed by atoms with E-state index in [0.29, 0.717) is 6.42 Å². The second-order valence-corrected chi connectivity index (χ2v) is 5.77. The van der Waals surface area contributed by atoms with Gasteiger partial charge in [-0.1, -0.05) is 29.7 Å². The van der Waals surface area contributed by atoms with Gasteiger partial charge >= 0.3 is 5.97 Å². The van der Waals surface area contributed by atoms with Gasteiger partial charge in [0.15, 0.2) is 17.4 Å². The quantitative estimate of drug-likeness (QED) is 0.301. The molecule has 1 heterocycles. The summed E-state index contributed by atoms with van der Waals surface area (Å²) in [5.74, 6) is -0.495. The van der Waals surface area contributed by atoms with E-state index in [-0.39, 0.29) is 20.1 Å². The first-order valence-electron chi connectivity index (χ1n) is 8.21. The maximum atomic E-state index is 7.83. The summed E-state index contributed by atoms with van der Waals surface area (Å²) in [6, 6.07) is 24.3. The van der Waals surface area contributed by atoms with E-state index in [1.165, 1.54) is 21.8 Å². The second kappa shape index (κ2) is 8.74. The minimum atomic E-state index is -0.495. The van der Waals surface area contributed by atoms with Gasteiger partial charge in [0.25, 0.3) is 0 Å². The number of benzene rings is 3. The number of aliphatic hydroxyl groups excluding tert-OH is 1. The first-order chi connectivity index (χ1) is 12.1. The van der Waals surface area contributed by atoms with Crippen molar-refractivity contribution in [2.45, 2.75) is 13.3 Å². The number of aryl methyl sites for hydroxylation is 1. The van der Waals surface area contributed by atoms with Gasteiger partial charge in [-0.15, -0.1) is 11.5 Å². The van der Waals surface area contributed by atoms with Gasteiger partial charge in [0, 0.05) is 45.0 Å². The topological polar surface area (TPSA) is 51.5 Å². The van der Waals surface area contributed by atoms with Crippen molar-refractivity contribution in [1.29, 1.82) is 0 Å². The van der Waals surface area contributed by atoms with Crippen molar-refractivity contribution >= 4 is 27.8 Å². The molecule has 0 spiro atoms. The number of carboxylic acids is 1. The summed E-state index contributed by atoms with van der Waals surface area (Å²) in [7, 11) is 2.07. The Balaban J connectivity index is 0.000000362. The Bertz CT molecular complexity index is 1040. The zero-order chi connectivity index (χ0) is 17.8. The van der Waals surface area contributed by atoms with Crippen molar-refractivity contribution in [3.8, 4) is 5.69 Å². The van der Waals surface area contributed by atoms with Crippen molar-refractivity contribution < 1.29 is 30.0 Å². The Hall–Kier alpha value is -2.49. The molecule has 0 fully saturated rings. The van der Waals surface area contributed by atoms with Crippen molar-refractivity contribution in [3.63, 3.8) is 0 Å². The molecular formula is C21H21IrN2O2+. The molecule has 0 saturated heterocycles. The Morgan fingerprint density at radius 3 is 2.38 bits per heavy atom. The predicted molar refractivity (Wildman–Crippen MR) is 103 cm³/mol. The minimum absolute atomic E-state index is 0. The summed E-state index contributed by atoms with van der Waals surface area (Å²) in [5, 5.41) is 10.3. The van der Waals surface area contributed by atoms with Crippen LogP contribution in [0.1, 0.15) is 13.3 Å². The van der Waals surface area contributed by atoms with E-state index in [2.05, 4.69) is 83.2 Å². The van der Waals surface area contributed by atoms with E-state index in [4.69, 9.17) is 9.90 Å². The Morgan fingerprint density at radius 1 is 1.08 bits per heavy atom. The molecule has 0 aliphatic heterocycles. The van der Waals surface area contributed by atoms with E-state index in [1.807, 2.05) is 6.07 Å². The van der Waals surface area contributed by atoms with Crippen LogP contribution in [0.5, 0.6) is 0 Å². The van der Waals surface area contributed by atoms with E-state index >= 15 is 0 Å². The van der Waals surface area contributed by atoms with Crippen LogP contribution in [-0.2, 0) is 27.2 Å². The van der Waals surface area contributed by atoms with E-state index in [0.717, 1.165) is 5.69 Å². The summed E-state index contributed by atoms with van der Waals surface area (Å²) in [5.41, 5.74) is 3.51. The van der Waals surface area contributed by atoms with Crippen molar-refractivity contribution in [2.75, 3.05) is 0 Å². The van der Waals surface area contributed by atoms with Gasteiger partial charge in [-0.25, -0.2) is 4.57 Å². The van der Waals surface area contributed by atoms with Gasteiger partial charge < -0.3 is 9.90 Å². The minimum Gasteiger partial charge on any atom is -0.339 e. The smallest absolute Gasteiger partial charge is 0.339 e. The Labute approximate surface area is 166 Å². The maximum Gasteiger partial charge on any atom is 0.480 e. The van der Waals surface area contributed by atoms with Crippen molar-refractivity contribution in [2.24, 2.45) is 7.05 Å². The Morgan fingerprint density at radius 2 is 1.69 bits per heavy atom. The molecule has 135 valence electrons. The number of para-hydroxylation sites is 2. The number of nitrogens with zero attached hydrogens (tertiary/aromatic N) is 2. The molecule has 5 heteroatoms. The number of fused-ring (bicyclic) bond motifs is 2. The molecule has 4 rings (SSSR count). The van der Waals surface area contributed by atoms with Gasteiger partial charge in [0.1, 0.15) is 0 Å². The molecule has 0 aliphatic carbocycles. The number of carboxylic acid groups (broad SMARTS) is 1. The number of hydrogen-bond acceptors (Lipinski definition) is 0. The second-order valence-electron chi connectivity index (χ2n) is 5.77. The predicted octanol–water partition coefficient (Wildman–Crippen LogP) is 4.66. The number of aliphatic carboxylic acids is 1. The first-order valence-corrected chi connectivity index (χ1v) is 8.21. The van der Waals surface area contributed by atoms with E-state index in [1.54, 1.807) is 6.92 Å². The number of rotatable bonds is 2. The Kier molecular flexibility index (Phi) is 6.67. The third kappa shape index (κ3) is 4.01. The summed E-state index contributed by atoms with van der Waals surface area (Å²) in [4.78, 5) is 7.83. The molecule has 0 aliphatic rings. The first kappa shape index (κ1) is 19.8. The molecule has 26 heavy (non-hydrogen) atoms. The molecule has 4 nitrogen and oxygen atoms in total. The maximum absolute atomic E-state index is 7.83. The van der Waals surface area contributed by atoms with Gasteiger partial charge in [-0.05, 0) is 19.1 Å². The van der Waals surface area contributed by atoms with Crippen LogP contribution >= 0.6 is 0 Å². The molecule has 0 saturated carbocycles. The summed E-state index contributed by atoms with van der Waals surface area (Å²) >= 11 is 0. The van der Waals surface area contributed by atoms with E-state index in [9.17, 15) is 0 Å². The summed E-state index contributed by atoms with van der Waals surface area (Å²) in [6.07, 6.45) is 2.45. The van der Waals surface area contributed by atoms with Gasteiger partial charge in [0.2, 0.25) is 0 Å². The van der Waals surface area contributed by atoms with Crippen LogP contribution in [-0.4, -0.2) is 25.0 Å². The number of aromatic nitrogens is 2. The zero-order valence-corrected chi connectivity index (χ0v) is 17.1. The fraction of sp³-hybridized carbons (Fsp3) is 0.143. The zero-order valence-electron chi connectivity index (χ0n) is 14.7. The third-order valence-electron chi connectivity index (χ3n) is 4.07. The summed E-state index contributed by atoms with van der Waals surface area (Å²) < 4.78 is 4.35. The van der Waals surface area contributed by atoms with Gasteiger partial charge in [-0.3, -0.25) is 0 Å². The summed E-state index contributed by atoms with van der Waals surface area (Å²) in [6.45, 7) is 1.66. The SMILES string of the molecule is CCC(O)=[OH+].Cn1[cH+]n(-c2[c-]ccc3ccccc23)c2ccccc21.[Ir]. The molecule has 0 bridgehead atoms. The third-order valence-corrected chi connectivity index (χ3v) is 4.07. The standard InChI is InChI=1S/C18H14N2.C3H6O2.Ir/c1-19-13-20(18-11-5-4-10-17(18)19)16-12-6-8-14-7-2-3-9-15(14)16;1-2-3(4)5;/h2-11,13H,1H3;2H2,1H3,(H,4,5);/p+1. The monoisotopic (exact) mass is 526 g/mol. The van der Waals surface area contributed by atoms with Crippen LogP contribution in [0.15, 0.2) is 67.0 Å². The molecule has 0 amide bonds. The number of hydrogen-bond donors (Lipinski definition) is 1. The normalized spacial score (nSPS) is 10.1.